The molecule has 0 aliphatic carbocycles. The third-order valence-corrected chi connectivity index (χ3v) is 6.01. The van der Waals surface area contributed by atoms with Gasteiger partial charge in [-0.15, -0.1) is 0 Å². The molecule has 2 heterocycles. The summed E-state index contributed by atoms with van der Waals surface area (Å²) in [5.41, 5.74) is 0. The van der Waals surface area contributed by atoms with Crippen LogP contribution >= 0.6 is 0 Å². The fourth-order valence-electron chi connectivity index (χ4n) is 3.61. The molecule has 0 saturated carbocycles. The summed E-state index contributed by atoms with van der Waals surface area (Å²) in [4.78, 5) is 0. The van der Waals surface area contributed by atoms with Crippen LogP contribution in [0.5, 0.6) is 0 Å². The van der Waals surface area contributed by atoms with Crippen LogP contribution in [-0.4, -0.2) is 39.0 Å². The second-order valence-corrected chi connectivity index (χ2v) is 7.41. The third-order valence-electron chi connectivity index (χ3n) is 6.01. The zero-order chi connectivity index (χ0) is 17.3. The number of rotatable bonds is 4. The van der Waals surface area contributed by atoms with Gasteiger partial charge >= 0.3 is 0 Å². The Balaban J connectivity index is 1.94. The van der Waals surface area contributed by atoms with Gasteiger partial charge in [0.2, 0.25) is 0 Å². The minimum absolute atomic E-state index is 0.198. The molecule has 126 valence electrons. The van der Waals surface area contributed by atoms with E-state index in [-0.39, 0.29) is 42.7 Å². The average Bonchev–Trinajstić information content (AvgIpc) is 2.54. The molecule has 10 atom stereocenters. The number of hydrogen-bond donors (Lipinski definition) is 0. The summed E-state index contributed by atoms with van der Waals surface area (Å²) in [5, 5.41) is 0. The van der Waals surface area contributed by atoms with Gasteiger partial charge in [0.1, 0.15) is 7.85 Å². The van der Waals surface area contributed by atoms with E-state index in [1.807, 2.05) is 0 Å². The molecule has 0 aromatic carbocycles. The van der Waals surface area contributed by atoms with Crippen LogP contribution in [0.25, 0.3) is 0 Å². The van der Waals surface area contributed by atoms with Crippen LogP contribution in [0.3, 0.4) is 0 Å². The fraction of sp³-hybridized carbons (Fsp3) is 1.00. The van der Waals surface area contributed by atoms with Gasteiger partial charge in [0.05, 0.1) is 18.8 Å². The smallest absolute Gasteiger partial charge is 0.160 e. The van der Waals surface area contributed by atoms with Gasteiger partial charge in [-0.3, -0.25) is 0 Å². The van der Waals surface area contributed by atoms with Crippen LogP contribution in [0.1, 0.15) is 55.7 Å². The minimum atomic E-state index is -0.313. The van der Waals surface area contributed by atoms with E-state index in [1.54, 1.807) is 0 Å². The largest absolute Gasteiger partial charge is 0.382 e. The summed E-state index contributed by atoms with van der Waals surface area (Å²) in [7, 11) is 6.05. The van der Waals surface area contributed by atoms with Crippen molar-refractivity contribution in [1.29, 1.82) is 0 Å². The minimum Gasteiger partial charge on any atom is -0.382 e. The fourth-order valence-corrected chi connectivity index (χ4v) is 3.61. The number of hydrogen-bond acceptors (Lipinski definition) is 3. The van der Waals surface area contributed by atoms with Gasteiger partial charge in [-0.05, 0) is 36.5 Å². The molecular weight excluding hydrogens is 275 g/mol. The maximum atomic E-state index is 8.37. The lowest BCUT2D eigenvalue weighted by atomic mass is 9.76. The Bertz CT molecular complexity index is 381. The van der Waals surface area contributed by atoms with Crippen molar-refractivity contribution in [1.82, 2.24) is 0 Å². The third kappa shape index (κ3) is 3.88. The van der Waals surface area contributed by atoms with Crippen molar-refractivity contribution < 1.29 is 15.6 Å². The van der Waals surface area contributed by atoms with Gasteiger partial charge < -0.3 is 14.2 Å². The van der Waals surface area contributed by atoms with Crippen LogP contribution in [0.4, 0.5) is 0 Å². The van der Waals surface area contributed by atoms with Crippen molar-refractivity contribution in [3.8, 4) is 0 Å². The highest BCUT2D eigenvalue weighted by atomic mass is 16.7. The van der Waals surface area contributed by atoms with Gasteiger partial charge in [0.25, 0.3) is 0 Å². The molecule has 0 aromatic rings. The van der Waals surface area contributed by atoms with Crippen molar-refractivity contribution in [3.05, 3.63) is 0 Å². The predicted octanol–water partition coefficient (Wildman–Crippen LogP) is 3.60. The molecule has 0 spiro atoms. The maximum Gasteiger partial charge on any atom is 0.160 e. The Kier molecular flexibility index (Phi) is 5.86. The average molecular weight is 309 g/mol. The summed E-state index contributed by atoms with van der Waals surface area (Å²) < 4.78 is 26.4. The summed E-state index contributed by atoms with van der Waals surface area (Å²) in [6.45, 7) is 13.4. The first-order chi connectivity index (χ1) is 10.8. The molecule has 4 heteroatoms. The highest BCUT2D eigenvalue weighted by molar-refractivity contribution is 6.11. The molecule has 4 unspecified atom stereocenters. The van der Waals surface area contributed by atoms with E-state index < -0.39 is 0 Å². The molecule has 2 radical (unpaired) electrons. The zero-order valence-corrected chi connectivity index (χ0v) is 15.0. The lowest BCUT2D eigenvalue weighted by Crippen LogP contribution is -2.47. The van der Waals surface area contributed by atoms with Gasteiger partial charge in [0.15, 0.2) is 6.29 Å². The second kappa shape index (κ2) is 7.68. The molecule has 2 rings (SSSR count). The van der Waals surface area contributed by atoms with Crippen LogP contribution in [0.2, 0.25) is 0 Å². The van der Waals surface area contributed by atoms with Gasteiger partial charge in [0, 0.05) is 13.3 Å². The molecule has 0 bridgehead atoms. The van der Waals surface area contributed by atoms with E-state index in [9.17, 15) is 0 Å². The quantitative estimate of drug-likeness (QED) is 0.743. The van der Waals surface area contributed by atoms with Crippen molar-refractivity contribution >= 4 is 7.85 Å². The monoisotopic (exact) mass is 309 g/mol. The molecule has 2 aliphatic heterocycles. The molecule has 0 aromatic heterocycles. The Morgan fingerprint density at radius 2 is 1.73 bits per heavy atom. The molecule has 3 nitrogen and oxygen atoms in total. The van der Waals surface area contributed by atoms with E-state index >= 15 is 0 Å². The molecule has 2 fully saturated rings. The van der Waals surface area contributed by atoms with Crippen molar-refractivity contribution in [2.75, 3.05) is 6.61 Å². The first kappa shape index (κ1) is 16.8. The van der Waals surface area contributed by atoms with Gasteiger partial charge in [-0.1, -0.05) is 41.5 Å². The first-order valence-electron chi connectivity index (χ1n) is 9.45. The maximum absolute atomic E-state index is 8.37. The molecule has 0 amide bonds. The standard InChI is InChI=1S/C18H33BO3/c1-7-16-13(5)12(4)14(6)18(22-16)20-9-15-8-10(2)11(3)17(19)21-15/h10-18H,7-9H2,1-6H3/t10-,11?,12-,13-,14?,15?,16?,17-,18+/m0/s1/i8D/t8-,10-,11?,12-,13-,14?,15?,16?,17-,18+. The van der Waals surface area contributed by atoms with E-state index in [4.69, 9.17) is 23.4 Å². The first-order valence-corrected chi connectivity index (χ1v) is 8.88. The second-order valence-electron chi connectivity index (χ2n) is 7.41. The number of ether oxygens (including phenoxy) is 3. The molecule has 22 heavy (non-hydrogen) atoms. The Labute approximate surface area is 139 Å². The lowest BCUT2D eigenvalue weighted by Gasteiger charge is -2.44. The van der Waals surface area contributed by atoms with Crippen LogP contribution < -0.4 is 0 Å². The summed E-state index contributed by atoms with van der Waals surface area (Å²) in [6, 6.07) is -0.313. The Morgan fingerprint density at radius 3 is 2.36 bits per heavy atom. The molecule has 2 aliphatic rings. The Morgan fingerprint density at radius 1 is 1.05 bits per heavy atom. The topological polar surface area (TPSA) is 27.7 Å². The van der Waals surface area contributed by atoms with Crippen LogP contribution in [0, 0.1) is 29.6 Å². The normalized spacial score (nSPS) is 54.0. The SMILES string of the molecule is [2H][C@@H]1C(CO[C@@H]2OC(CC)[C@@H](C)[C@H](C)C2C)O[C@H]([B])C(C)[C@H]1C. The summed E-state index contributed by atoms with van der Waals surface area (Å²) >= 11 is 0. The van der Waals surface area contributed by atoms with Crippen molar-refractivity contribution in [2.45, 2.75) is 78.9 Å². The van der Waals surface area contributed by atoms with Crippen molar-refractivity contribution in [2.24, 2.45) is 29.6 Å². The molecular formula is C18H33BO3. The van der Waals surface area contributed by atoms with E-state index in [0.717, 1.165) is 6.42 Å². The van der Waals surface area contributed by atoms with E-state index in [2.05, 4.69) is 41.5 Å². The van der Waals surface area contributed by atoms with E-state index in [1.165, 1.54) is 0 Å². The zero-order valence-electron chi connectivity index (χ0n) is 16.0. The molecule has 0 N–H and O–H groups in total. The highest BCUT2D eigenvalue weighted by Crippen LogP contribution is 2.37. The van der Waals surface area contributed by atoms with Crippen molar-refractivity contribution in [3.63, 3.8) is 0 Å². The lowest BCUT2D eigenvalue weighted by molar-refractivity contribution is -0.259. The van der Waals surface area contributed by atoms with E-state index in [0.29, 0.717) is 24.4 Å². The summed E-state index contributed by atoms with van der Waals surface area (Å²) in [5.74, 6) is 1.84. The highest BCUT2D eigenvalue weighted by Gasteiger charge is 2.39. The van der Waals surface area contributed by atoms with Crippen LogP contribution in [-0.2, 0) is 14.2 Å². The van der Waals surface area contributed by atoms with Gasteiger partial charge in [-0.2, -0.15) is 0 Å². The molecule has 2 saturated heterocycles. The Hall–Kier alpha value is -0.0551. The van der Waals surface area contributed by atoms with Crippen LogP contribution in [0.15, 0.2) is 0 Å². The predicted molar refractivity (Wildman–Crippen MR) is 89.8 cm³/mol. The summed E-state index contributed by atoms with van der Waals surface area (Å²) in [6.07, 6.45) is 0.446. The van der Waals surface area contributed by atoms with Gasteiger partial charge in [-0.25, -0.2) is 0 Å².